The highest BCUT2D eigenvalue weighted by atomic mass is 32.2. The van der Waals surface area contributed by atoms with E-state index in [1.807, 2.05) is 6.92 Å². The van der Waals surface area contributed by atoms with Gasteiger partial charge in [-0.2, -0.15) is 4.37 Å². The van der Waals surface area contributed by atoms with E-state index in [1.54, 1.807) is 0 Å². The third-order valence-electron chi connectivity index (χ3n) is 1.94. The van der Waals surface area contributed by atoms with Crippen molar-refractivity contribution in [3.05, 3.63) is 29.7 Å². The lowest BCUT2D eigenvalue weighted by molar-refractivity contribution is 0.0696. The first-order valence-electron chi connectivity index (χ1n) is 4.89. The van der Waals surface area contributed by atoms with Crippen LogP contribution in [0, 0.1) is 0 Å². The van der Waals surface area contributed by atoms with Gasteiger partial charge in [0, 0.05) is 12.6 Å². The van der Waals surface area contributed by atoms with Gasteiger partial charge in [0.15, 0.2) is 4.34 Å². The van der Waals surface area contributed by atoms with Crippen molar-refractivity contribution >= 4 is 29.3 Å². The predicted molar refractivity (Wildman–Crippen MR) is 64.6 cm³/mol. The molecule has 0 aliphatic carbocycles. The van der Waals surface area contributed by atoms with E-state index in [9.17, 15) is 4.79 Å². The molecule has 17 heavy (non-hydrogen) atoms. The quantitative estimate of drug-likeness (QED) is 0.916. The van der Waals surface area contributed by atoms with Gasteiger partial charge in [0.1, 0.15) is 10.9 Å². The molecule has 0 amide bonds. The van der Waals surface area contributed by atoms with Gasteiger partial charge in [-0.3, -0.25) is 0 Å². The Morgan fingerprint density at radius 3 is 3.06 bits per heavy atom. The summed E-state index contributed by atoms with van der Waals surface area (Å²) in [6.45, 7) is 1.99. The molecule has 0 aliphatic heterocycles. The molecule has 0 aromatic carbocycles. The SMILES string of the molecule is CCc1nsc(Sc2cc(C(=O)O)ccn2)n1. The van der Waals surface area contributed by atoms with Crippen LogP contribution in [0.3, 0.4) is 0 Å². The van der Waals surface area contributed by atoms with Crippen molar-refractivity contribution in [2.45, 2.75) is 22.7 Å². The van der Waals surface area contributed by atoms with E-state index < -0.39 is 5.97 Å². The number of carbonyl (C=O) groups is 1. The fourth-order valence-electron chi connectivity index (χ4n) is 1.11. The minimum absolute atomic E-state index is 0.225. The minimum Gasteiger partial charge on any atom is -0.478 e. The maximum absolute atomic E-state index is 10.8. The normalized spacial score (nSPS) is 10.4. The molecular formula is C10H9N3O2S2. The van der Waals surface area contributed by atoms with E-state index in [0.29, 0.717) is 5.03 Å². The number of pyridine rings is 1. The Morgan fingerprint density at radius 1 is 1.59 bits per heavy atom. The summed E-state index contributed by atoms with van der Waals surface area (Å²) < 4.78 is 4.93. The van der Waals surface area contributed by atoms with Gasteiger partial charge in [-0.25, -0.2) is 14.8 Å². The summed E-state index contributed by atoms with van der Waals surface area (Å²) in [7, 11) is 0. The molecule has 0 aliphatic rings. The number of aryl methyl sites for hydroxylation is 1. The van der Waals surface area contributed by atoms with Gasteiger partial charge in [-0.15, -0.1) is 0 Å². The molecule has 2 aromatic rings. The molecule has 0 unspecified atom stereocenters. The Kier molecular flexibility index (Phi) is 3.70. The highest BCUT2D eigenvalue weighted by Gasteiger charge is 2.08. The van der Waals surface area contributed by atoms with E-state index in [2.05, 4.69) is 14.3 Å². The van der Waals surface area contributed by atoms with Crippen LogP contribution in [0.25, 0.3) is 0 Å². The van der Waals surface area contributed by atoms with Gasteiger partial charge in [0.2, 0.25) is 0 Å². The molecule has 5 nitrogen and oxygen atoms in total. The van der Waals surface area contributed by atoms with Crippen molar-refractivity contribution in [1.82, 2.24) is 14.3 Å². The summed E-state index contributed by atoms with van der Waals surface area (Å²) in [5, 5.41) is 9.47. The van der Waals surface area contributed by atoms with Crippen LogP contribution in [0.4, 0.5) is 0 Å². The third-order valence-corrected chi connectivity index (χ3v) is 3.66. The fraction of sp³-hybridized carbons (Fsp3) is 0.200. The third kappa shape index (κ3) is 3.01. The van der Waals surface area contributed by atoms with Crippen molar-refractivity contribution in [1.29, 1.82) is 0 Å². The Balaban J connectivity index is 2.18. The summed E-state index contributed by atoms with van der Waals surface area (Å²) in [6, 6.07) is 2.99. The number of carboxylic acid groups (broad SMARTS) is 1. The highest BCUT2D eigenvalue weighted by Crippen LogP contribution is 2.27. The molecule has 2 heterocycles. The van der Waals surface area contributed by atoms with Crippen LogP contribution in [0.15, 0.2) is 27.7 Å². The zero-order valence-electron chi connectivity index (χ0n) is 8.95. The molecule has 2 aromatic heterocycles. The molecule has 0 saturated carbocycles. The van der Waals surface area contributed by atoms with E-state index >= 15 is 0 Å². The van der Waals surface area contributed by atoms with Crippen LogP contribution in [0.5, 0.6) is 0 Å². The van der Waals surface area contributed by atoms with Crippen LogP contribution in [0.1, 0.15) is 23.1 Å². The van der Waals surface area contributed by atoms with E-state index in [4.69, 9.17) is 5.11 Å². The summed E-state index contributed by atoms with van der Waals surface area (Å²) in [6.07, 6.45) is 2.27. The smallest absolute Gasteiger partial charge is 0.335 e. The molecule has 0 spiro atoms. The summed E-state index contributed by atoms with van der Waals surface area (Å²) in [4.78, 5) is 19.2. The molecule has 7 heteroatoms. The molecule has 0 radical (unpaired) electrons. The van der Waals surface area contributed by atoms with Gasteiger partial charge < -0.3 is 5.11 Å². The number of rotatable bonds is 4. The van der Waals surface area contributed by atoms with Crippen molar-refractivity contribution < 1.29 is 9.90 Å². The first-order chi connectivity index (χ1) is 8.19. The van der Waals surface area contributed by atoms with Gasteiger partial charge in [-0.05, 0) is 35.4 Å². The second kappa shape index (κ2) is 5.24. The lowest BCUT2D eigenvalue weighted by Gasteiger charge is -1.97. The number of aromatic carboxylic acids is 1. The van der Waals surface area contributed by atoms with Crippen LogP contribution in [-0.4, -0.2) is 25.4 Å². The predicted octanol–water partition coefficient (Wildman–Crippen LogP) is 2.34. The fourth-order valence-corrected chi connectivity index (χ4v) is 2.76. The average Bonchev–Trinajstić information content (AvgIpc) is 2.77. The molecular weight excluding hydrogens is 258 g/mol. The second-order valence-corrected chi connectivity index (χ2v) is 5.14. The second-order valence-electron chi connectivity index (χ2n) is 3.12. The lowest BCUT2D eigenvalue weighted by atomic mass is 10.3. The summed E-state index contributed by atoms with van der Waals surface area (Å²) in [5.41, 5.74) is 0.225. The number of hydrogen-bond donors (Lipinski definition) is 1. The maximum atomic E-state index is 10.8. The zero-order chi connectivity index (χ0) is 12.3. The number of carboxylic acids is 1. The summed E-state index contributed by atoms with van der Waals surface area (Å²) >= 11 is 2.62. The van der Waals surface area contributed by atoms with Crippen LogP contribution in [0.2, 0.25) is 0 Å². The van der Waals surface area contributed by atoms with E-state index in [0.717, 1.165) is 16.6 Å². The molecule has 0 bridgehead atoms. The summed E-state index contributed by atoms with van der Waals surface area (Å²) in [5.74, 6) is -0.160. The Morgan fingerprint density at radius 2 is 2.41 bits per heavy atom. The monoisotopic (exact) mass is 267 g/mol. The van der Waals surface area contributed by atoms with Crippen LogP contribution >= 0.6 is 23.3 Å². The molecule has 0 saturated heterocycles. The first-order valence-corrected chi connectivity index (χ1v) is 6.48. The standard InChI is InChI=1S/C10H9N3O2S2/c1-2-7-12-10(17-13-7)16-8-5-6(9(14)15)3-4-11-8/h3-5H,2H2,1H3,(H,14,15). The number of hydrogen-bond acceptors (Lipinski definition) is 6. The van der Waals surface area contributed by atoms with Crippen molar-refractivity contribution in [3.8, 4) is 0 Å². The van der Waals surface area contributed by atoms with Crippen molar-refractivity contribution in [3.63, 3.8) is 0 Å². The van der Waals surface area contributed by atoms with Crippen molar-refractivity contribution in [2.24, 2.45) is 0 Å². The van der Waals surface area contributed by atoms with Gasteiger partial charge >= 0.3 is 5.97 Å². The maximum Gasteiger partial charge on any atom is 0.335 e. The minimum atomic E-state index is -0.958. The lowest BCUT2D eigenvalue weighted by Crippen LogP contribution is -1.96. The van der Waals surface area contributed by atoms with Crippen LogP contribution in [-0.2, 0) is 6.42 Å². The van der Waals surface area contributed by atoms with Gasteiger partial charge in [0.05, 0.1) is 5.56 Å². The molecule has 0 atom stereocenters. The zero-order valence-corrected chi connectivity index (χ0v) is 10.6. The van der Waals surface area contributed by atoms with E-state index in [1.165, 1.54) is 41.6 Å². The van der Waals surface area contributed by atoms with Gasteiger partial charge in [0.25, 0.3) is 0 Å². The highest BCUT2D eigenvalue weighted by molar-refractivity contribution is 8.00. The van der Waals surface area contributed by atoms with Crippen molar-refractivity contribution in [2.75, 3.05) is 0 Å². The number of aromatic nitrogens is 3. The largest absolute Gasteiger partial charge is 0.478 e. The Hall–Kier alpha value is -1.47. The Bertz CT molecular complexity index is 542. The Labute approximate surface area is 106 Å². The molecule has 88 valence electrons. The molecule has 2 rings (SSSR count). The van der Waals surface area contributed by atoms with Crippen LogP contribution < -0.4 is 0 Å². The first kappa shape index (κ1) is 12.0. The average molecular weight is 267 g/mol. The van der Waals surface area contributed by atoms with Gasteiger partial charge in [-0.1, -0.05) is 6.92 Å². The number of nitrogens with zero attached hydrogens (tertiary/aromatic N) is 3. The van der Waals surface area contributed by atoms with E-state index in [-0.39, 0.29) is 5.56 Å². The molecule has 0 fully saturated rings. The topological polar surface area (TPSA) is 76.0 Å². The molecule has 1 N–H and O–H groups in total.